The van der Waals surface area contributed by atoms with Gasteiger partial charge in [0, 0.05) is 23.9 Å². The van der Waals surface area contributed by atoms with Gasteiger partial charge < -0.3 is 0 Å². The molecule has 0 saturated carbocycles. The summed E-state index contributed by atoms with van der Waals surface area (Å²) in [5.41, 5.74) is 2.62. The zero-order valence-electron chi connectivity index (χ0n) is 9.77. The highest BCUT2D eigenvalue weighted by molar-refractivity contribution is 5.92. The molecule has 1 aromatic carbocycles. The van der Waals surface area contributed by atoms with E-state index in [0.717, 1.165) is 27.5 Å². The van der Waals surface area contributed by atoms with Crippen LogP contribution in [0.5, 0.6) is 0 Å². The molecule has 3 nitrogen and oxygen atoms in total. The Labute approximate surface area is 98.3 Å². The molecule has 0 radical (unpaired) electrons. The predicted octanol–water partition coefficient (Wildman–Crippen LogP) is 2.40. The van der Waals surface area contributed by atoms with E-state index in [2.05, 4.69) is 11.1 Å². The number of hydrogen-bond acceptors (Lipinski definition) is 2. The minimum absolute atomic E-state index is 0.0159. The number of aryl methyl sites for hydroxylation is 2. The summed E-state index contributed by atoms with van der Waals surface area (Å²) in [6.07, 6.45) is 0. The minimum Gasteiger partial charge on any atom is -0.296 e. The van der Waals surface area contributed by atoms with Crippen LogP contribution >= 0.6 is 0 Å². The van der Waals surface area contributed by atoms with Gasteiger partial charge in [-0.25, -0.2) is 4.98 Å². The maximum atomic E-state index is 11.7. The van der Waals surface area contributed by atoms with Crippen LogP contribution in [0.3, 0.4) is 0 Å². The lowest BCUT2D eigenvalue weighted by molar-refractivity contribution is 0.888. The lowest BCUT2D eigenvalue weighted by Gasteiger charge is -2.07. The molecular weight excluding hydrogens is 212 g/mol. The summed E-state index contributed by atoms with van der Waals surface area (Å²) in [6.45, 7) is 1.94. The Balaban J connectivity index is 2.60. The molecule has 0 spiro atoms. The van der Waals surface area contributed by atoms with Gasteiger partial charge in [-0.15, -0.1) is 0 Å². The van der Waals surface area contributed by atoms with Gasteiger partial charge in [-0.05, 0) is 24.6 Å². The van der Waals surface area contributed by atoms with Crippen molar-refractivity contribution in [2.45, 2.75) is 6.92 Å². The Morgan fingerprint density at radius 3 is 2.76 bits per heavy atom. The third-order valence-electron chi connectivity index (χ3n) is 3.12. The van der Waals surface area contributed by atoms with Gasteiger partial charge in [0.15, 0.2) is 0 Å². The summed E-state index contributed by atoms with van der Waals surface area (Å²) < 4.78 is 1.59. The lowest BCUT2D eigenvalue weighted by atomic mass is 10.1. The van der Waals surface area contributed by atoms with Crippen LogP contribution in [0.1, 0.15) is 5.56 Å². The normalized spacial score (nSPS) is 11.2. The van der Waals surface area contributed by atoms with Crippen molar-refractivity contribution in [2.75, 3.05) is 0 Å². The Bertz CT molecular complexity index is 787. The van der Waals surface area contributed by atoms with Gasteiger partial charge >= 0.3 is 0 Å². The number of fused-ring (bicyclic) bond motifs is 2. The zero-order chi connectivity index (χ0) is 12.0. The van der Waals surface area contributed by atoms with Gasteiger partial charge in [0.1, 0.15) is 5.65 Å². The molecule has 0 aliphatic rings. The van der Waals surface area contributed by atoms with Gasteiger partial charge in [-0.3, -0.25) is 9.36 Å². The molecule has 0 N–H and O–H groups in total. The fourth-order valence-corrected chi connectivity index (χ4v) is 2.12. The summed E-state index contributed by atoms with van der Waals surface area (Å²) in [4.78, 5) is 16.3. The molecule has 84 valence electrons. The fraction of sp³-hybridized carbons (Fsp3) is 0.143. The molecular formula is C14H12N2O. The molecule has 0 atom stereocenters. The third kappa shape index (κ3) is 1.43. The standard InChI is InChI=1S/C14H12N2O/c1-9-7-13(17)16(2)14-11(9)8-10-5-3-4-6-12(10)15-14/h3-8H,1-2H3. The second-order valence-electron chi connectivity index (χ2n) is 4.28. The summed E-state index contributed by atoms with van der Waals surface area (Å²) in [6, 6.07) is 11.7. The van der Waals surface area contributed by atoms with E-state index in [1.54, 1.807) is 17.7 Å². The van der Waals surface area contributed by atoms with Crippen LogP contribution in [0, 0.1) is 6.92 Å². The molecule has 3 rings (SSSR count). The number of rotatable bonds is 0. The van der Waals surface area contributed by atoms with Gasteiger partial charge in [-0.2, -0.15) is 0 Å². The second kappa shape index (κ2) is 3.42. The highest BCUT2D eigenvalue weighted by Crippen LogP contribution is 2.20. The van der Waals surface area contributed by atoms with E-state index in [4.69, 9.17) is 0 Å². The smallest absolute Gasteiger partial charge is 0.252 e. The lowest BCUT2D eigenvalue weighted by Crippen LogP contribution is -2.17. The van der Waals surface area contributed by atoms with E-state index >= 15 is 0 Å². The molecule has 0 bridgehead atoms. The highest BCUT2D eigenvalue weighted by atomic mass is 16.1. The van der Waals surface area contributed by atoms with Crippen LogP contribution in [0.4, 0.5) is 0 Å². The second-order valence-corrected chi connectivity index (χ2v) is 4.28. The molecule has 2 heterocycles. The summed E-state index contributed by atoms with van der Waals surface area (Å²) in [5, 5.41) is 2.13. The molecule has 3 heteroatoms. The fourth-order valence-electron chi connectivity index (χ4n) is 2.12. The molecule has 3 aromatic rings. The first-order valence-corrected chi connectivity index (χ1v) is 5.53. The monoisotopic (exact) mass is 224 g/mol. The van der Waals surface area contributed by atoms with E-state index < -0.39 is 0 Å². The van der Waals surface area contributed by atoms with Gasteiger partial charge in [0.2, 0.25) is 0 Å². The minimum atomic E-state index is -0.0159. The third-order valence-corrected chi connectivity index (χ3v) is 3.12. The molecule has 2 aromatic heterocycles. The van der Waals surface area contributed by atoms with Crippen molar-refractivity contribution in [1.29, 1.82) is 0 Å². The van der Waals surface area contributed by atoms with Crippen molar-refractivity contribution >= 4 is 21.9 Å². The van der Waals surface area contributed by atoms with Crippen molar-refractivity contribution in [2.24, 2.45) is 7.05 Å². The molecule has 17 heavy (non-hydrogen) atoms. The van der Waals surface area contributed by atoms with E-state index in [1.807, 2.05) is 31.2 Å². The highest BCUT2D eigenvalue weighted by Gasteiger charge is 2.06. The van der Waals surface area contributed by atoms with Gasteiger partial charge in [-0.1, -0.05) is 18.2 Å². The van der Waals surface area contributed by atoms with Crippen molar-refractivity contribution in [3.8, 4) is 0 Å². The molecule has 0 unspecified atom stereocenters. The number of aromatic nitrogens is 2. The number of pyridine rings is 2. The van der Waals surface area contributed by atoms with Crippen LogP contribution in [-0.4, -0.2) is 9.55 Å². The van der Waals surface area contributed by atoms with Crippen molar-refractivity contribution in [3.63, 3.8) is 0 Å². The number of hydrogen-bond donors (Lipinski definition) is 0. The van der Waals surface area contributed by atoms with Crippen LogP contribution in [0.25, 0.3) is 21.9 Å². The zero-order valence-corrected chi connectivity index (χ0v) is 9.77. The SMILES string of the molecule is Cc1cc(=O)n(C)c2nc3ccccc3cc12. The number of para-hydroxylation sites is 1. The number of benzene rings is 1. The summed E-state index contributed by atoms with van der Waals surface area (Å²) >= 11 is 0. The first kappa shape index (κ1) is 10.0. The average Bonchev–Trinajstić information content (AvgIpc) is 2.34. The molecule has 0 saturated heterocycles. The Kier molecular flexibility index (Phi) is 2.01. The van der Waals surface area contributed by atoms with E-state index in [-0.39, 0.29) is 5.56 Å². The van der Waals surface area contributed by atoms with Crippen molar-refractivity contribution in [1.82, 2.24) is 9.55 Å². The van der Waals surface area contributed by atoms with Crippen LogP contribution < -0.4 is 5.56 Å². The maximum absolute atomic E-state index is 11.7. The van der Waals surface area contributed by atoms with Crippen molar-refractivity contribution < 1.29 is 0 Å². The Hall–Kier alpha value is -2.16. The summed E-state index contributed by atoms with van der Waals surface area (Å²) in [7, 11) is 1.76. The first-order valence-electron chi connectivity index (χ1n) is 5.53. The largest absolute Gasteiger partial charge is 0.296 e. The van der Waals surface area contributed by atoms with Gasteiger partial charge in [0.05, 0.1) is 5.52 Å². The van der Waals surface area contributed by atoms with Crippen LogP contribution in [0.15, 0.2) is 41.2 Å². The molecule has 0 aliphatic heterocycles. The summed E-state index contributed by atoms with van der Waals surface area (Å²) in [5.74, 6) is 0. The van der Waals surface area contributed by atoms with E-state index in [0.29, 0.717) is 0 Å². The Morgan fingerprint density at radius 2 is 1.94 bits per heavy atom. The van der Waals surface area contributed by atoms with E-state index in [9.17, 15) is 4.79 Å². The topological polar surface area (TPSA) is 34.9 Å². The first-order chi connectivity index (χ1) is 8.16. The van der Waals surface area contributed by atoms with Crippen LogP contribution in [0.2, 0.25) is 0 Å². The quantitative estimate of drug-likeness (QED) is 0.549. The van der Waals surface area contributed by atoms with Crippen LogP contribution in [-0.2, 0) is 7.05 Å². The Morgan fingerprint density at radius 1 is 1.18 bits per heavy atom. The van der Waals surface area contributed by atoms with E-state index in [1.165, 1.54) is 0 Å². The molecule has 0 amide bonds. The molecule has 0 aliphatic carbocycles. The average molecular weight is 224 g/mol. The van der Waals surface area contributed by atoms with Crippen molar-refractivity contribution in [3.05, 3.63) is 52.3 Å². The number of nitrogens with zero attached hydrogens (tertiary/aromatic N) is 2. The predicted molar refractivity (Wildman–Crippen MR) is 69.2 cm³/mol. The maximum Gasteiger partial charge on any atom is 0.252 e. The van der Waals surface area contributed by atoms with Gasteiger partial charge in [0.25, 0.3) is 5.56 Å². The molecule has 0 fully saturated rings.